The molecule has 0 aromatic rings. The van der Waals surface area contributed by atoms with E-state index in [1.54, 1.807) is 0 Å². The average Bonchev–Trinajstić information content (AvgIpc) is 2.18. The summed E-state index contributed by atoms with van der Waals surface area (Å²) in [4.78, 5) is 2.52. The molecule has 0 spiro atoms. The maximum Gasteiger partial charge on any atom is 0.0469 e. The molecule has 0 atom stereocenters. The molecular weight excluding hydrogens is 188 g/mol. The topological polar surface area (TPSA) is 38.5 Å². The van der Waals surface area contributed by atoms with E-state index in [1.165, 1.54) is 38.6 Å². The van der Waals surface area contributed by atoms with Crippen LogP contribution < -0.4 is 5.73 Å². The van der Waals surface area contributed by atoms with E-state index in [9.17, 15) is 0 Å². The second-order valence-electron chi connectivity index (χ2n) is 5.22. The highest BCUT2D eigenvalue weighted by Gasteiger charge is 2.39. The SMILES string of the molecule is CN(CC1CCOCC1)C1(CN)CCC1. The van der Waals surface area contributed by atoms with Gasteiger partial charge in [-0.1, -0.05) is 0 Å². The lowest BCUT2D eigenvalue weighted by atomic mass is 9.75. The van der Waals surface area contributed by atoms with Crippen molar-refractivity contribution in [2.75, 3.05) is 33.4 Å². The van der Waals surface area contributed by atoms with Gasteiger partial charge in [0, 0.05) is 31.8 Å². The summed E-state index contributed by atoms with van der Waals surface area (Å²) in [6.45, 7) is 3.94. The molecule has 0 unspecified atom stereocenters. The number of hydrogen-bond acceptors (Lipinski definition) is 3. The zero-order chi connectivity index (χ0) is 10.7. The van der Waals surface area contributed by atoms with Crippen LogP contribution in [0.25, 0.3) is 0 Å². The van der Waals surface area contributed by atoms with Gasteiger partial charge in [-0.3, -0.25) is 4.90 Å². The summed E-state index contributed by atoms with van der Waals surface area (Å²) in [5.41, 5.74) is 6.25. The minimum absolute atomic E-state index is 0.346. The van der Waals surface area contributed by atoms with Gasteiger partial charge >= 0.3 is 0 Å². The maximum absolute atomic E-state index is 5.91. The Hall–Kier alpha value is -0.120. The average molecular weight is 212 g/mol. The van der Waals surface area contributed by atoms with E-state index in [0.29, 0.717) is 5.54 Å². The van der Waals surface area contributed by atoms with Gasteiger partial charge in [-0.05, 0) is 45.1 Å². The first kappa shape index (κ1) is 11.4. The second-order valence-corrected chi connectivity index (χ2v) is 5.22. The lowest BCUT2D eigenvalue weighted by molar-refractivity contribution is 0.00503. The third-order valence-corrected chi connectivity index (χ3v) is 4.35. The molecule has 1 aliphatic carbocycles. The van der Waals surface area contributed by atoms with E-state index in [0.717, 1.165) is 25.7 Å². The van der Waals surface area contributed by atoms with Crippen molar-refractivity contribution in [3.8, 4) is 0 Å². The van der Waals surface area contributed by atoms with E-state index in [4.69, 9.17) is 10.5 Å². The molecule has 2 fully saturated rings. The van der Waals surface area contributed by atoms with Crippen molar-refractivity contribution in [3.63, 3.8) is 0 Å². The van der Waals surface area contributed by atoms with Crippen LogP contribution in [-0.2, 0) is 4.74 Å². The Morgan fingerprint density at radius 3 is 2.47 bits per heavy atom. The van der Waals surface area contributed by atoms with Gasteiger partial charge in [-0.15, -0.1) is 0 Å². The molecule has 2 aliphatic rings. The zero-order valence-corrected chi connectivity index (χ0v) is 9.87. The molecule has 0 radical (unpaired) electrons. The molecule has 1 aliphatic heterocycles. The van der Waals surface area contributed by atoms with Crippen LogP contribution in [0, 0.1) is 5.92 Å². The molecule has 3 nitrogen and oxygen atoms in total. The van der Waals surface area contributed by atoms with Crippen molar-refractivity contribution in [3.05, 3.63) is 0 Å². The molecule has 3 heteroatoms. The summed E-state index contributed by atoms with van der Waals surface area (Å²) in [5, 5.41) is 0. The molecule has 2 N–H and O–H groups in total. The summed E-state index contributed by atoms with van der Waals surface area (Å²) in [5.74, 6) is 0.827. The fourth-order valence-corrected chi connectivity index (χ4v) is 2.84. The van der Waals surface area contributed by atoms with Gasteiger partial charge in [0.05, 0.1) is 0 Å². The number of ether oxygens (including phenoxy) is 1. The van der Waals surface area contributed by atoms with Crippen LogP contribution in [0.15, 0.2) is 0 Å². The Balaban J connectivity index is 1.82. The largest absolute Gasteiger partial charge is 0.381 e. The molecule has 0 aromatic carbocycles. The standard InChI is InChI=1S/C12H24N2O/c1-14(12(10-13)5-2-6-12)9-11-3-7-15-8-4-11/h11H,2-10,13H2,1H3. The smallest absolute Gasteiger partial charge is 0.0469 e. The zero-order valence-electron chi connectivity index (χ0n) is 9.87. The highest BCUT2D eigenvalue weighted by Crippen LogP contribution is 2.36. The van der Waals surface area contributed by atoms with Gasteiger partial charge in [0.2, 0.25) is 0 Å². The van der Waals surface area contributed by atoms with E-state index in [2.05, 4.69) is 11.9 Å². The molecule has 0 bridgehead atoms. The van der Waals surface area contributed by atoms with Gasteiger partial charge in [0.25, 0.3) is 0 Å². The molecule has 0 amide bonds. The minimum atomic E-state index is 0.346. The Morgan fingerprint density at radius 1 is 1.33 bits per heavy atom. The maximum atomic E-state index is 5.91. The van der Waals surface area contributed by atoms with Gasteiger partial charge < -0.3 is 10.5 Å². The lowest BCUT2D eigenvalue weighted by Gasteiger charge is -2.49. The lowest BCUT2D eigenvalue weighted by Crippen LogP contribution is -2.58. The normalized spacial score (nSPS) is 26.6. The fraction of sp³-hybridized carbons (Fsp3) is 1.00. The summed E-state index contributed by atoms with van der Waals surface area (Å²) in [7, 11) is 2.25. The third-order valence-electron chi connectivity index (χ3n) is 4.35. The number of nitrogens with zero attached hydrogens (tertiary/aromatic N) is 1. The van der Waals surface area contributed by atoms with E-state index >= 15 is 0 Å². The first-order valence-corrected chi connectivity index (χ1v) is 6.26. The van der Waals surface area contributed by atoms with Crippen molar-refractivity contribution < 1.29 is 4.74 Å². The molecule has 1 saturated carbocycles. The Bertz CT molecular complexity index is 192. The fourth-order valence-electron chi connectivity index (χ4n) is 2.84. The predicted molar refractivity (Wildman–Crippen MR) is 61.8 cm³/mol. The third kappa shape index (κ3) is 2.35. The number of nitrogens with two attached hydrogens (primary N) is 1. The minimum Gasteiger partial charge on any atom is -0.381 e. The Labute approximate surface area is 93.0 Å². The number of hydrogen-bond donors (Lipinski definition) is 1. The molecule has 88 valence electrons. The van der Waals surface area contributed by atoms with Crippen molar-refractivity contribution >= 4 is 0 Å². The summed E-state index contributed by atoms with van der Waals surface area (Å²) < 4.78 is 5.39. The molecule has 1 heterocycles. The quantitative estimate of drug-likeness (QED) is 0.761. The van der Waals surface area contributed by atoms with Gasteiger partial charge in [-0.2, -0.15) is 0 Å². The second kappa shape index (κ2) is 4.81. The number of likely N-dealkylation sites (N-methyl/N-ethyl adjacent to an activating group) is 1. The number of rotatable bonds is 4. The highest BCUT2D eigenvalue weighted by atomic mass is 16.5. The van der Waals surface area contributed by atoms with Crippen LogP contribution in [-0.4, -0.2) is 43.8 Å². The molecular formula is C12H24N2O. The van der Waals surface area contributed by atoms with E-state index in [1.807, 2.05) is 0 Å². The van der Waals surface area contributed by atoms with Gasteiger partial charge in [0.15, 0.2) is 0 Å². The van der Waals surface area contributed by atoms with Crippen molar-refractivity contribution in [2.24, 2.45) is 11.7 Å². The van der Waals surface area contributed by atoms with Crippen LogP contribution in [0.5, 0.6) is 0 Å². The van der Waals surface area contributed by atoms with E-state index < -0.39 is 0 Å². The summed E-state index contributed by atoms with van der Waals surface area (Å²) in [6, 6.07) is 0. The predicted octanol–water partition coefficient (Wildman–Crippen LogP) is 1.23. The van der Waals surface area contributed by atoms with E-state index in [-0.39, 0.29) is 0 Å². The monoisotopic (exact) mass is 212 g/mol. The van der Waals surface area contributed by atoms with Crippen molar-refractivity contribution in [1.29, 1.82) is 0 Å². The Morgan fingerprint density at radius 2 is 2.00 bits per heavy atom. The molecule has 15 heavy (non-hydrogen) atoms. The van der Waals surface area contributed by atoms with Crippen LogP contribution in [0.4, 0.5) is 0 Å². The van der Waals surface area contributed by atoms with Gasteiger partial charge in [-0.25, -0.2) is 0 Å². The molecule has 0 aromatic heterocycles. The highest BCUT2D eigenvalue weighted by molar-refractivity contribution is 4.98. The van der Waals surface area contributed by atoms with Crippen molar-refractivity contribution in [1.82, 2.24) is 4.90 Å². The molecule has 2 rings (SSSR count). The first-order chi connectivity index (χ1) is 7.27. The molecule has 1 saturated heterocycles. The van der Waals surface area contributed by atoms with Crippen LogP contribution >= 0.6 is 0 Å². The summed E-state index contributed by atoms with van der Waals surface area (Å²) in [6.07, 6.45) is 6.40. The van der Waals surface area contributed by atoms with Crippen LogP contribution in [0.1, 0.15) is 32.1 Å². The summed E-state index contributed by atoms with van der Waals surface area (Å²) >= 11 is 0. The van der Waals surface area contributed by atoms with Gasteiger partial charge in [0.1, 0.15) is 0 Å². The Kier molecular flexibility index (Phi) is 3.65. The van der Waals surface area contributed by atoms with Crippen molar-refractivity contribution in [2.45, 2.75) is 37.6 Å². The first-order valence-electron chi connectivity index (χ1n) is 6.26. The van der Waals surface area contributed by atoms with Crippen LogP contribution in [0.3, 0.4) is 0 Å². The van der Waals surface area contributed by atoms with Crippen LogP contribution in [0.2, 0.25) is 0 Å².